The van der Waals surface area contributed by atoms with Crippen molar-refractivity contribution in [2.75, 3.05) is 5.32 Å². The number of nitrogens with one attached hydrogen (secondary N) is 1. The molecule has 0 aliphatic rings. The predicted octanol–water partition coefficient (Wildman–Crippen LogP) is 4.76. The highest BCUT2D eigenvalue weighted by molar-refractivity contribution is 7.08. The number of thiophene rings is 1. The van der Waals surface area contributed by atoms with E-state index in [4.69, 9.17) is 4.74 Å². The van der Waals surface area contributed by atoms with E-state index in [2.05, 4.69) is 5.32 Å². The number of anilines is 1. The number of ether oxygens (including phenoxy) is 1. The van der Waals surface area contributed by atoms with E-state index >= 15 is 0 Å². The molecule has 2 rings (SSSR count). The summed E-state index contributed by atoms with van der Waals surface area (Å²) in [5.41, 5.74) is 2.38. The van der Waals surface area contributed by atoms with Crippen molar-refractivity contribution in [2.24, 2.45) is 0 Å². The first-order valence-corrected chi connectivity index (χ1v) is 7.01. The van der Waals surface area contributed by atoms with Crippen molar-refractivity contribution in [2.45, 2.75) is 26.4 Å². The van der Waals surface area contributed by atoms with Gasteiger partial charge >= 0.3 is 6.09 Å². The monoisotopic (exact) mass is 275 g/mol. The van der Waals surface area contributed by atoms with Gasteiger partial charge in [0.1, 0.15) is 5.60 Å². The molecule has 0 spiro atoms. The molecule has 4 heteroatoms. The third kappa shape index (κ3) is 3.83. The molecule has 1 aromatic carbocycles. The van der Waals surface area contributed by atoms with Crippen LogP contribution in [0.2, 0.25) is 0 Å². The highest BCUT2D eigenvalue weighted by Gasteiger charge is 2.17. The highest BCUT2D eigenvalue weighted by atomic mass is 32.1. The molecule has 0 aliphatic carbocycles. The van der Waals surface area contributed by atoms with Crippen LogP contribution in [-0.2, 0) is 4.74 Å². The number of carbonyl (C=O) groups is 1. The van der Waals surface area contributed by atoms with Crippen LogP contribution in [0.5, 0.6) is 0 Å². The van der Waals surface area contributed by atoms with Crippen LogP contribution < -0.4 is 5.32 Å². The van der Waals surface area contributed by atoms with E-state index in [0.29, 0.717) is 0 Å². The van der Waals surface area contributed by atoms with Gasteiger partial charge in [0, 0.05) is 16.3 Å². The topological polar surface area (TPSA) is 38.3 Å². The number of hydrogen-bond donors (Lipinski definition) is 1. The Morgan fingerprint density at radius 2 is 1.84 bits per heavy atom. The number of hydrogen-bond acceptors (Lipinski definition) is 3. The second-order valence-corrected chi connectivity index (χ2v) is 5.94. The zero-order valence-corrected chi connectivity index (χ0v) is 12.1. The summed E-state index contributed by atoms with van der Waals surface area (Å²) >= 11 is 1.55. The molecule has 1 amide bonds. The molecule has 1 heterocycles. The standard InChI is InChI=1S/C15H17NO2S/c1-15(2,3)18-14(17)16-13-10-19-9-12(13)11-7-5-4-6-8-11/h4-10H,1-3H3,(H,16,17). The first-order chi connectivity index (χ1) is 8.96. The normalized spacial score (nSPS) is 11.1. The number of amides is 1. The average molecular weight is 275 g/mol. The lowest BCUT2D eigenvalue weighted by molar-refractivity contribution is 0.0636. The molecule has 100 valence electrons. The fourth-order valence-corrected chi connectivity index (χ4v) is 2.44. The van der Waals surface area contributed by atoms with Gasteiger partial charge in [0.15, 0.2) is 0 Å². The lowest BCUT2D eigenvalue weighted by Gasteiger charge is -2.19. The minimum atomic E-state index is -0.493. The Balaban J connectivity index is 2.15. The molecule has 19 heavy (non-hydrogen) atoms. The van der Waals surface area contributed by atoms with Crippen molar-refractivity contribution >= 4 is 23.1 Å². The SMILES string of the molecule is CC(C)(C)OC(=O)Nc1cscc1-c1ccccc1. The van der Waals surface area contributed by atoms with Gasteiger partial charge < -0.3 is 4.74 Å². The van der Waals surface area contributed by atoms with E-state index in [1.165, 1.54) is 0 Å². The summed E-state index contributed by atoms with van der Waals surface area (Å²) in [6.07, 6.45) is -0.428. The third-order valence-corrected chi connectivity index (χ3v) is 3.13. The highest BCUT2D eigenvalue weighted by Crippen LogP contribution is 2.31. The van der Waals surface area contributed by atoms with Gasteiger partial charge in [-0.1, -0.05) is 30.3 Å². The summed E-state index contributed by atoms with van der Waals surface area (Å²) in [5, 5.41) is 6.72. The molecule has 1 aromatic heterocycles. The van der Waals surface area contributed by atoms with Crippen molar-refractivity contribution in [3.63, 3.8) is 0 Å². The fourth-order valence-electron chi connectivity index (χ4n) is 1.65. The van der Waals surface area contributed by atoms with Crippen LogP contribution >= 0.6 is 11.3 Å². The zero-order valence-electron chi connectivity index (χ0n) is 11.3. The Kier molecular flexibility index (Phi) is 3.90. The summed E-state index contributed by atoms with van der Waals surface area (Å²) < 4.78 is 5.26. The second kappa shape index (κ2) is 5.45. The molecule has 3 nitrogen and oxygen atoms in total. The molecule has 0 fully saturated rings. The average Bonchev–Trinajstić information content (AvgIpc) is 2.75. The van der Waals surface area contributed by atoms with E-state index in [0.717, 1.165) is 16.8 Å². The lowest BCUT2D eigenvalue weighted by atomic mass is 10.1. The molecular formula is C15H17NO2S. The van der Waals surface area contributed by atoms with Crippen molar-refractivity contribution in [1.82, 2.24) is 0 Å². The van der Waals surface area contributed by atoms with Gasteiger partial charge in [0.2, 0.25) is 0 Å². The van der Waals surface area contributed by atoms with E-state index in [1.807, 2.05) is 61.9 Å². The van der Waals surface area contributed by atoms with Crippen molar-refractivity contribution in [3.05, 3.63) is 41.1 Å². The van der Waals surface area contributed by atoms with Crippen LogP contribution in [0, 0.1) is 0 Å². The molecule has 0 aliphatic heterocycles. The van der Waals surface area contributed by atoms with Gasteiger partial charge in [-0.3, -0.25) is 5.32 Å². The summed E-state index contributed by atoms with van der Waals surface area (Å²) in [4.78, 5) is 11.8. The Hall–Kier alpha value is -1.81. The molecule has 0 saturated heterocycles. The number of carbonyl (C=O) groups excluding carboxylic acids is 1. The van der Waals surface area contributed by atoms with E-state index < -0.39 is 11.7 Å². The first kappa shape index (κ1) is 13.6. The van der Waals surface area contributed by atoms with Crippen LogP contribution in [0.25, 0.3) is 11.1 Å². The summed E-state index contributed by atoms with van der Waals surface area (Å²) in [6.45, 7) is 5.54. The quantitative estimate of drug-likeness (QED) is 0.858. The summed E-state index contributed by atoms with van der Waals surface area (Å²) in [5.74, 6) is 0. The van der Waals surface area contributed by atoms with Crippen LogP contribution in [-0.4, -0.2) is 11.7 Å². The summed E-state index contributed by atoms with van der Waals surface area (Å²) in [7, 11) is 0. The lowest BCUT2D eigenvalue weighted by Crippen LogP contribution is -2.27. The molecular weight excluding hydrogens is 258 g/mol. The third-order valence-electron chi connectivity index (χ3n) is 2.38. The minimum absolute atomic E-state index is 0.428. The fraction of sp³-hybridized carbons (Fsp3) is 0.267. The molecule has 2 aromatic rings. The predicted molar refractivity (Wildman–Crippen MR) is 79.6 cm³/mol. The van der Waals surface area contributed by atoms with Crippen LogP contribution in [0.1, 0.15) is 20.8 Å². The Labute approximate surface area is 117 Å². The van der Waals surface area contributed by atoms with E-state index in [-0.39, 0.29) is 0 Å². The molecule has 0 radical (unpaired) electrons. The number of rotatable bonds is 2. The van der Waals surface area contributed by atoms with Gasteiger partial charge in [-0.05, 0) is 26.3 Å². The molecule has 0 atom stereocenters. The minimum Gasteiger partial charge on any atom is -0.444 e. The van der Waals surface area contributed by atoms with Gasteiger partial charge in [-0.2, -0.15) is 0 Å². The largest absolute Gasteiger partial charge is 0.444 e. The first-order valence-electron chi connectivity index (χ1n) is 6.07. The van der Waals surface area contributed by atoms with Gasteiger partial charge in [0.25, 0.3) is 0 Å². The second-order valence-electron chi connectivity index (χ2n) is 5.19. The van der Waals surface area contributed by atoms with Gasteiger partial charge in [-0.25, -0.2) is 4.79 Å². The van der Waals surface area contributed by atoms with E-state index in [1.54, 1.807) is 11.3 Å². The molecule has 0 unspecified atom stereocenters. The molecule has 0 saturated carbocycles. The zero-order chi connectivity index (χ0) is 13.9. The number of benzene rings is 1. The molecule has 0 bridgehead atoms. The Bertz CT molecular complexity index is 555. The van der Waals surface area contributed by atoms with E-state index in [9.17, 15) is 4.79 Å². The van der Waals surface area contributed by atoms with Crippen LogP contribution in [0.4, 0.5) is 10.5 Å². The molecule has 1 N–H and O–H groups in total. The van der Waals surface area contributed by atoms with Gasteiger partial charge in [0.05, 0.1) is 5.69 Å². The van der Waals surface area contributed by atoms with Crippen molar-refractivity contribution in [3.8, 4) is 11.1 Å². The van der Waals surface area contributed by atoms with Crippen LogP contribution in [0.3, 0.4) is 0 Å². The van der Waals surface area contributed by atoms with Crippen molar-refractivity contribution in [1.29, 1.82) is 0 Å². The smallest absolute Gasteiger partial charge is 0.412 e. The summed E-state index contributed by atoms with van der Waals surface area (Å²) in [6, 6.07) is 9.95. The van der Waals surface area contributed by atoms with Gasteiger partial charge in [-0.15, -0.1) is 11.3 Å². The maximum absolute atomic E-state index is 11.8. The van der Waals surface area contributed by atoms with Crippen LogP contribution in [0.15, 0.2) is 41.1 Å². The maximum atomic E-state index is 11.8. The van der Waals surface area contributed by atoms with Crippen molar-refractivity contribution < 1.29 is 9.53 Å². The Morgan fingerprint density at radius 1 is 1.16 bits per heavy atom. The Morgan fingerprint density at radius 3 is 2.47 bits per heavy atom. The maximum Gasteiger partial charge on any atom is 0.412 e.